The Labute approximate surface area is 132 Å². The van der Waals surface area contributed by atoms with Crippen molar-refractivity contribution in [1.29, 1.82) is 0 Å². The fourth-order valence-corrected chi connectivity index (χ4v) is 1.98. The summed E-state index contributed by atoms with van der Waals surface area (Å²) in [4.78, 5) is 11.4. The fourth-order valence-electron chi connectivity index (χ4n) is 1.98. The Balaban J connectivity index is 1.61. The predicted molar refractivity (Wildman–Crippen MR) is 80.7 cm³/mol. The molecule has 7 nitrogen and oxygen atoms in total. The summed E-state index contributed by atoms with van der Waals surface area (Å²) in [6, 6.07) is 14.4. The van der Waals surface area contributed by atoms with Gasteiger partial charge in [-0.15, -0.1) is 0 Å². The van der Waals surface area contributed by atoms with E-state index in [1.807, 2.05) is 36.4 Å². The number of carbonyl (C=O) groups excluding carboxylic acids is 1. The van der Waals surface area contributed by atoms with Gasteiger partial charge in [-0.1, -0.05) is 24.3 Å². The van der Waals surface area contributed by atoms with Gasteiger partial charge in [0.15, 0.2) is 0 Å². The molecule has 116 valence electrons. The maximum atomic E-state index is 11.4. The third-order valence-electron chi connectivity index (χ3n) is 3.21. The lowest BCUT2D eigenvalue weighted by molar-refractivity contribution is 0.0600. The van der Waals surface area contributed by atoms with Gasteiger partial charge in [0.25, 0.3) is 0 Å². The van der Waals surface area contributed by atoms with Crippen molar-refractivity contribution in [3.05, 3.63) is 59.7 Å². The first-order chi connectivity index (χ1) is 11.3. The molecule has 1 aromatic heterocycles. The second-order valence-electron chi connectivity index (χ2n) is 4.70. The number of ether oxygens (including phenoxy) is 2. The summed E-state index contributed by atoms with van der Waals surface area (Å²) >= 11 is 0. The van der Waals surface area contributed by atoms with Crippen molar-refractivity contribution in [3.63, 3.8) is 0 Å². The van der Waals surface area contributed by atoms with Crippen molar-refractivity contribution in [2.24, 2.45) is 0 Å². The average Bonchev–Trinajstić information content (AvgIpc) is 3.15. The molecule has 2 aromatic carbocycles. The molecule has 0 radical (unpaired) electrons. The molecular formula is C16H13N4O3-. The first kappa shape index (κ1) is 14.7. The van der Waals surface area contributed by atoms with Crippen molar-refractivity contribution in [2.45, 2.75) is 6.61 Å². The smallest absolute Gasteiger partial charge is 0.337 e. The molecule has 0 aliphatic carbocycles. The van der Waals surface area contributed by atoms with E-state index in [4.69, 9.17) is 4.74 Å². The van der Waals surface area contributed by atoms with Gasteiger partial charge in [-0.05, 0) is 35.4 Å². The van der Waals surface area contributed by atoms with Crippen LogP contribution >= 0.6 is 0 Å². The van der Waals surface area contributed by atoms with Crippen LogP contribution in [-0.2, 0) is 11.3 Å². The number of methoxy groups -OCH3 is 1. The number of aromatic nitrogens is 4. The SMILES string of the molecule is COC(=O)c1ccc(COc2ccc(-c3nnn[n-]3)cc2)cc1. The molecule has 0 N–H and O–H groups in total. The molecule has 1 heterocycles. The van der Waals surface area contributed by atoms with Crippen LogP contribution in [0.4, 0.5) is 0 Å². The van der Waals surface area contributed by atoms with Gasteiger partial charge in [-0.25, -0.2) is 4.79 Å². The number of tetrazole rings is 1. The third-order valence-corrected chi connectivity index (χ3v) is 3.21. The van der Waals surface area contributed by atoms with Crippen LogP contribution in [0.1, 0.15) is 15.9 Å². The summed E-state index contributed by atoms with van der Waals surface area (Å²) in [5.41, 5.74) is 2.29. The molecule has 23 heavy (non-hydrogen) atoms. The highest BCUT2D eigenvalue weighted by molar-refractivity contribution is 5.89. The van der Waals surface area contributed by atoms with E-state index >= 15 is 0 Å². The summed E-state index contributed by atoms with van der Waals surface area (Å²) in [6.07, 6.45) is 0. The first-order valence-electron chi connectivity index (χ1n) is 6.85. The van der Waals surface area contributed by atoms with E-state index in [2.05, 4.69) is 25.4 Å². The molecular weight excluding hydrogens is 296 g/mol. The summed E-state index contributed by atoms with van der Waals surface area (Å²) in [6.45, 7) is 0.400. The summed E-state index contributed by atoms with van der Waals surface area (Å²) in [5, 5.41) is 14.5. The highest BCUT2D eigenvalue weighted by Crippen LogP contribution is 2.19. The lowest BCUT2D eigenvalue weighted by atomic mass is 10.1. The van der Waals surface area contributed by atoms with Gasteiger partial charge in [0.2, 0.25) is 0 Å². The Morgan fingerprint density at radius 2 is 1.83 bits per heavy atom. The number of hydrogen-bond donors (Lipinski definition) is 0. The minimum atomic E-state index is -0.355. The van der Waals surface area contributed by atoms with Crippen molar-refractivity contribution >= 4 is 5.97 Å². The zero-order valence-electron chi connectivity index (χ0n) is 12.3. The first-order valence-corrected chi connectivity index (χ1v) is 6.85. The third kappa shape index (κ3) is 3.52. The Kier molecular flexibility index (Phi) is 4.28. The summed E-state index contributed by atoms with van der Waals surface area (Å²) in [7, 11) is 1.36. The van der Waals surface area contributed by atoms with Crippen LogP contribution in [0, 0.1) is 0 Å². The van der Waals surface area contributed by atoms with Crippen LogP contribution in [0.2, 0.25) is 0 Å². The minimum absolute atomic E-state index is 0.355. The van der Waals surface area contributed by atoms with E-state index < -0.39 is 0 Å². The molecule has 7 heteroatoms. The molecule has 0 unspecified atom stereocenters. The molecule has 3 rings (SSSR count). The van der Waals surface area contributed by atoms with Crippen LogP contribution in [0.25, 0.3) is 11.4 Å². The number of nitrogens with zero attached hydrogens (tertiary/aromatic N) is 4. The predicted octanol–water partition coefficient (Wildman–Crippen LogP) is 1.86. The number of carbonyl (C=O) groups is 1. The minimum Gasteiger partial charge on any atom is -0.489 e. The highest BCUT2D eigenvalue weighted by Gasteiger charge is 2.04. The van der Waals surface area contributed by atoms with Crippen LogP contribution in [0.15, 0.2) is 48.5 Å². The van der Waals surface area contributed by atoms with Gasteiger partial charge in [0, 0.05) is 5.82 Å². The Bertz CT molecular complexity index is 768. The molecule has 0 atom stereocenters. The molecule has 0 saturated heterocycles. The topological polar surface area (TPSA) is 88.3 Å². The second-order valence-corrected chi connectivity index (χ2v) is 4.70. The molecule has 0 fully saturated rings. The largest absolute Gasteiger partial charge is 0.489 e. The highest BCUT2D eigenvalue weighted by atomic mass is 16.5. The van der Waals surface area contributed by atoms with E-state index in [0.717, 1.165) is 16.9 Å². The number of rotatable bonds is 5. The van der Waals surface area contributed by atoms with Crippen LogP contribution in [0.3, 0.4) is 0 Å². The lowest BCUT2D eigenvalue weighted by Crippen LogP contribution is -2.02. The quantitative estimate of drug-likeness (QED) is 0.665. The standard InChI is InChI=1S/C16H13N4O3/c1-22-16(21)13-4-2-11(3-5-13)10-23-14-8-6-12(7-9-14)15-17-19-20-18-15/h2-9H,10H2,1H3/q-1. The normalized spacial score (nSPS) is 10.3. The zero-order valence-corrected chi connectivity index (χ0v) is 12.3. The molecule has 0 spiro atoms. The maximum absolute atomic E-state index is 11.4. The number of esters is 1. The Hall–Kier alpha value is -3.22. The Morgan fingerprint density at radius 1 is 1.09 bits per heavy atom. The van der Waals surface area contributed by atoms with Crippen molar-refractivity contribution in [3.8, 4) is 17.1 Å². The number of hydrogen-bond acceptors (Lipinski definition) is 6. The Morgan fingerprint density at radius 3 is 2.43 bits per heavy atom. The molecule has 3 aromatic rings. The molecule has 0 aliphatic heterocycles. The second kappa shape index (κ2) is 6.69. The van der Waals surface area contributed by atoms with Gasteiger partial charge in [0.1, 0.15) is 12.4 Å². The average molecular weight is 309 g/mol. The lowest BCUT2D eigenvalue weighted by Gasteiger charge is -2.08. The number of benzene rings is 2. The van der Waals surface area contributed by atoms with Gasteiger partial charge >= 0.3 is 5.97 Å². The van der Waals surface area contributed by atoms with E-state index in [0.29, 0.717) is 18.0 Å². The molecule has 0 bridgehead atoms. The van der Waals surface area contributed by atoms with Gasteiger partial charge in [0.05, 0.1) is 12.7 Å². The van der Waals surface area contributed by atoms with Crippen molar-refractivity contribution < 1.29 is 14.3 Å². The van der Waals surface area contributed by atoms with E-state index in [-0.39, 0.29) is 5.97 Å². The molecule has 0 amide bonds. The van der Waals surface area contributed by atoms with Gasteiger partial charge < -0.3 is 14.6 Å². The fraction of sp³-hybridized carbons (Fsp3) is 0.125. The van der Waals surface area contributed by atoms with Crippen LogP contribution < -0.4 is 9.84 Å². The molecule has 0 aliphatic rings. The van der Waals surface area contributed by atoms with Gasteiger partial charge in [-0.3, -0.25) is 10.3 Å². The summed E-state index contributed by atoms with van der Waals surface area (Å²) < 4.78 is 10.4. The van der Waals surface area contributed by atoms with E-state index in [1.54, 1.807) is 12.1 Å². The monoisotopic (exact) mass is 309 g/mol. The van der Waals surface area contributed by atoms with Crippen LogP contribution in [0.5, 0.6) is 5.75 Å². The maximum Gasteiger partial charge on any atom is 0.337 e. The van der Waals surface area contributed by atoms with E-state index in [9.17, 15) is 4.79 Å². The zero-order chi connectivity index (χ0) is 16.1. The van der Waals surface area contributed by atoms with Crippen LogP contribution in [-0.4, -0.2) is 28.6 Å². The van der Waals surface area contributed by atoms with Crippen molar-refractivity contribution in [2.75, 3.05) is 7.11 Å². The summed E-state index contributed by atoms with van der Waals surface area (Å²) in [5.74, 6) is 0.847. The van der Waals surface area contributed by atoms with E-state index in [1.165, 1.54) is 7.11 Å². The molecule has 0 saturated carbocycles. The van der Waals surface area contributed by atoms with Gasteiger partial charge in [-0.2, -0.15) is 5.21 Å². The van der Waals surface area contributed by atoms with Crippen molar-refractivity contribution in [1.82, 2.24) is 20.6 Å².